The Bertz CT molecular complexity index is 6210. The number of benzene rings is 16. The molecule has 0 atom stereocenters. The fourth-order valence-electron chi connectivity index (χ4n) is 13.9. The number of nitrogens with zero attached hydrogens (tertiary/aromatic N) is 5. The number of hydrogen-bond acceptors (Lipinski definition) is 7. The average Bonchev–Trinajstić information content (AvgIpc) is 0.762. The van der Waals surface area contributed by atoms with Crippen LogP contribution in [0.1, 0.15) is 11.1 Å². The minimum absolute atomic E-state index is 0.241. The van der Waals surface area contributed by atoms with E-state index in [0.29, 0.717) is 11.0 Å². The SMILES string of the molecule is Cc1ccc(-c2ccc(-c3ccc(-c4nc(-c5ccc(-c6cccc7ccccc67)cc5)nc5ccccc45)c4ccccc34)cc2)cc1.N#Cc1ccc(-c2ccc(-c3ccc(-c4nc(Cl)nc5ccccc45)c4ccccc34)cc2)cc1.OB(O)c1ccc(-c2cccc3ccccc23)cc1. The summed E-state index contributed by atoms with van der Waals surface area (Å²) >= 11 is 6.30. The van der Waals surface area contributed by atoms with Crippen LogP contribution in [0.3, 0.4) is 0 Å². The van der Waals surface area contributed by atoms with Gasteiger partial charge in [0.2, 0.25) is 5.28 Å². The van der Waals surface area contributed by atoms with Crippen LogP contribution in [0.5, 0.6) is 0 Å². The van der Waals surface area contributed by atoms with Crippen LogP contribution in [0.15, 0.2) is 352 Å². The van der Waals surface area contributed by atoms with Crippen LogP contribution in [0.2, 0.25) is 5.28 Å². The van der Waals surface area contributed by atoms with Gasteiger partial charge in [-0.25, -0.2) is 19.9 Å². The molecule has 2 aromatic heterocycles. The molecule has 103 heavy (non-hydrogen) atoms. The maximum atomic E-state index is 9.11. The molecule has 0 unspecified atom stereocenters. The van der Waals surface area contributed by atoms with Gasteiger partial charge in [0.05, 0.1) is 34.1 Å². The van der Waals surface area contributed by atoms with Crippen LogP contribution in [0.4, 0.5) is 0 Å². The van der Waals surface area contributed by atoms with Crippen molar-refractivity contribution in [1.82, 2.24) is 19.9 Å². The van der Waals surface area contributed by atoms with E-state index in [0.717, 1.165) is 99.9 Å². The van der Waals surface area contributed by atoms with Crippen molar-refractivity contribution in [2.24, 2.45) is 0 Å². The van der Waals surface area contributed by atoms with Crippen molar-refractivity contribution in [2.45, 2.75) is 6.92 Å². The topological polar surface area (TPSA) is 116 Å². The van der Waals surface area contributed by atoms with Gasteiger partial charge < -0.3 is 10.0 Å². The normalized spacial score (nSPS) is 11.1. The van der Waals surface area contributed by atoms with E-state index in [4.69, 9.17) is 36.9 Å². The van der Waals surface area contributed by atoms with Crippen LogP contribution in [-0.4, -0.2) is 37.1 Å². The maximum Gasteiger partial charge on any atom is 0.488 e. The largest absolute Gasteiger partial charge is 0.488 e. The zero-order chi connectivity index (χ0) is 69.8. The van der Waals surface area contributed by atoms with Gasteiger partial charge in [0, 0.05) is 27.5 Å². The molecule has 7 nitrogen and oxygen atoms in total. The van der Waals surface area contributed by atoms with Gasteiger partial charge in [0.15, 0.2) is 5.82 Å². The summed E-state index contributed by atoms with van der Waals surface area (Å²) in [7, 11) is -1.42. The van der Waals surface area contributed by atoms with Gasteiger partial charge in [-0.1, -0.05) is 333 Å². The summed E-state index contributed by atoms with van der Waals surface area (Å²) in [6.45, 7) is 2.12. The Kier molecular flexibility index (Phi) is 18.0. The molecular weight excluding hydrogens is 1280 g/mol. The van der Waals surface area contributed by atoms with Gasteiger partial charge in [-0.15, -0.1) is 0 Å². The molecule has 0 saturated heterocycles. The summed E-state index contributed by atoms with van der Waals surface area (Å²) in [5.74, 6) is 0.720. The predicted molar refractivity (Wildman–Crippen MR) is 429 cm³/mol. The lowest BCUT2D eigenvalue weighted by molar-refractivity contribution is 0.426. The molecule has 0 amide bonds. The van der Waals surface area contributed by atoms with Crippen molar-refractivity contribution >= 4 is 89.1 Å². The summed E-state index contributed by atoms with van der Waals surface area (Å²) in [4.78, 5) is 19.3. The van der Waals surface area contributed by atoms with Gasteiger partial charge in [-0.2, -0.15) is 5.26 Å². The fraction of sp³-hybridized carbons (Fsp3) is 0.0106. The number of halogens is 1. The predicted octanol–water partition coefficient (Wildman–Crippen LogP) is 23.1. The quantitative estimate of drug-likeness (QED) is 0.103. The number of para-hydroxylation sites is 2. The minimum atomic E-state index is -1.42. The Morgan fingerprint density at radius 1 is 0.282 bits per heavy atom. The van der Waals surface area contributed by atoms with E-state index in [1.165, 1.54) is 71.3 Å². The molecule has 0 bridgehead atoms. The van der Waals surface area contributed by atoms with Gasteiger partial charge in [-0.05, 0) is 158 Å². The van der Waals surface area contributed by atoms with Crippen LogP contribution in [-0.2, 0) is 0 Å². The number of hydrogen-bond donors (Lipinski definition) is 2. The third kappa shape index (κ3) is 13.3. The first kappa shape index (κ1) is 64.7. The first-order chi connectivity index (χ1) is 50.7. The Balaban J connectivity index is 0.000000131. The van der Waals surface area contributed by atoms with E-state index in [2.05, 4.69) is 278 Å². The molecule has 9 heteroatoms. The summed E-state index contributed by atoms with van der Waals surface area (Å²) in [6.07, 6.45) is 0. The maximum absolute atomic E-state index is 9.11. The number of fused-ring (bicyclic) bond motifs is 6. The second kappa shape index (κ2) is 28.7. The first-order valence-electron chi connectivity index (χ1n) is 34.2. The smallest absolute Gasteiger partial charge is 0.423 e. The third-order valence-corrected chi connectivity index (χ3v) is 19.4. The fourth-order valence-corrected chi connectivity index (χ4v) is 14.1. The molecule has 0 saturated carbocycles. The van der Waals surface area contributed by atoms with E-state index in [-0.39, 0.29) is 5.28 Å². The molecule has 2 heterocycles. The van der Waals surface area contributed by atoms with Crippen LogP contribution < -0.4 is 5.46 Å². The number of aryl methyl sites for hydroxylation is 1. The minimum Gasteiger partial charge on any atom is -0.423 e. The van der Waals surface area contributed by atoms with Crippen molar-refractivity contribution in [3.8, 4) is 107 Å². The van der Waals surface area contributed by atoms with Gasteiger partial charge in [0.25, 0.3) is 0 Å². The van der Waals surface area contributed by atoms with E-state index >= 15 is 0 Å². The average molecular weight is 1340 g/mol. The lowest BCUT2D eigenvalue weighted by atomic mass is 9.79. The molecule has 0 spiro atoms. The van der Waals surface area contributed by atoms with Crippen molar-refractivity contribution in [3.05, 3.63) is 368 Å². The molecule has 0 aliphatic carbocycles. The second-order valence-electron chi connectivity index (χ2n) is 25.5. The van der Waals surface area contributed by atoms with Gasteiger partial charge >= 0.3 is 7.12 Å². The van der Waals surface area contributed by atoms with Gasteiger partial charge in [-0.3, -0.25) is 0 Å². The monoisotopic (exact) mass is 1340 g/mol. The molecule has 0 radical (unpaired) electrons. The highest BCUT2D eigenvalue weighted by molar-refractivity contribution is 6.58. The number of rotatable bonds is 10. The van der Waals surface area contributed by atoms with E-state index < -0.39 is 7.12 Å². The molecule has 16 aromatic carbocycles. The molecule has 0 aliphatic rings. The van der Waals surface area contributed by atoms with Crippen molar-refractivity contribution < 1.29 is 10.0 Å². The Morgan fingerprint density at radius 3 is 1.05 bits per heavy atom. The number of nitriles is 1. The Hall–Kier alpha value is -13.0. The lowest BCUT2D eigenvalue weighted by Crippen LogP contribution is -2.29. The molecule has 18 aromatic rings. The van der Waals surface area contributed by atoms with Crippen molar-refractivity contribution in [2.75, 3.05) is 0 Å². The van der Waals surface area contributed by atoms with Crippen molar-refractivity contribution in [3.63, 3.8) is 0 Å². The Morgan fingerprint density at radius 2 is 0.602 bits per heavy atom. The summed E-state index contributed by atoms with van der Waals surface area (Å²) in [6, 6.07) is 123. The molecule has 18 rings (SSSR count). The standard InChI is InChI=1S/C47H32N2.C31H18ClN3.C16H13BO2/c1-31-17-19-32(20-18-31)33-21-23-36(24-22-33)40-29-30-43(42-13-5-4-12-41(40)42)46-44-14-6-7-16-45(44)48-47(49-46)37-27-25-35(26-28-37)39-15-8-10-34-9-2-3-11-38(34)39;32-31-34-29-8-4-3-7-28(29)30(35-31)27-18-17-24(25-5-1-2-6-26(25)27)23-15-13-22(14-16-23)21-11-9-20(19-33)10-12-21;18-17(19)14-10-8-13(9-11-14)16-7-3-5-12-4-1-2-6-15(12)16/h2-30H,1H3;1-18H;1-11,18-19H. The third-order valence-electron chi connectivity index (χ3n) is 19.2. The van der Waals surface area contributed by atoms with E-state index in [1.54, 1.807) is 12.1 Å². The van der Waals surface area contributed by atoms with Crippen LogP contribution in [0, 0.1) is 18.3 Å². The Labute approximate surface area is 602 Å². The zero-order valence-corrected chi connectivity index (χ0v) is 56.8. The number of aromatic nitrogens is 4. The molecular formula is C94H63BClN5O2. The highest BCUT2D eigenvalue weighted by atomic mass is 35.5. The van der Waals surface area contributed by atoms with Crippen LogP contribution >= 0.6 is 11.6 Å². The lowest BCUT2D eigenvalue weighted by Gasteiger charge is -2.15. The highest BCUT2D eigenvalue weighted by Gasteiger charge is 2.19. The first-order valence-corrected chi connectivity index (χ1v) is 34.6. The molecule has 0 aliphatic heterocycles. The highest BCUT2D eigenvalue weighted by Crippen LogP contribution is 2.42. The molecule has 486 valence electrons. The van der Waals surface area contributed by atoms with Crippen LogP contribution in [0.25, 0.3) is 166 Å². The van der Waals surface area contributed by atoms with Crippen molar-refractivity contribution in [1.29, 1.82) is 5.26 Å². The van der Waals surface area contributed by atoms with E-state index in [1.807, 2.05) is 84.9 Å². The summed E-state index contributed by atoms with van der Waals surface area (Å²) in [5.41, 5.74) is 23.0. The summed E-state index contributed by atoms with van der Waals surface area (Å²) < 4.78 is 0. The second-order valence-corrected chi connectivity index (χ2v) is 25.9. The van der Waals surface area contributed by atoms with E-state index in [9.17, 15) is 0 Å². The molecule has 0 fully saturated rings. The molecule has 2 N–H and O–H groups in total. The zero-order valence-electron chi connectivity index (χ0n) is 56.1. The van der Waals surface area contributed by atoms with Gasteiger partial charge in [0.1, 0.15) is 0 Å². The summed E-state index contributed by atoms with van der Waals surface area (Å²) in [5, 5.41) is 39.0.